The molecule has 0 aromatic heterocycles. The van der Waals surface area contributed by atoms with Crippen LogP contribution in [-0.4, -0.2) is 34.8 Å². The normalized spacial score (nSPS) is 22.2. The second-order valence-electron chi connectivity index (χ2n) is 5.81. The van der Waals surface area contributed by atoms with Crippen molar-refractivity contribution in [2.75, 3.05) is 6.54 Å². The Morgan fingerprint density at radius 2 is 1.78 bits per heavy atom. The predicted molar refractivity (Wildman–Crippen MR) is 86.3 cm³/mol. The maximum absolute atomic E-state index is 11.8. The van der Waals surface area contributed by atoms with Gasteiger partial charge in [0.25, 0.3) is 0 Å². The van der Waals surface area contributed by atoms with Crippen LogP contribution in [0.3, 0.4) is 0 Å². The summed E-state index contributed by atoms with van der Waals surface area (Å²) in [6.45, 7) is 0.0952. The van der Waals surface area contributed by atoms with Crippen LogP contribution in [0.15, 0.2) is 24.3 Å². The number of aliphatic hydroxyl groups is 1. The number of urea groups is 1. The number of benzene rings is 1. The number of aliphatic hydroxyl groups excluding tert-OH is 1. The SMILES string of the molecule is O=C(NC[C@H](O)c1ccc(Cl)cc1)NC1CCC(C(=O)O)CC1. The van der Waals surface area contributed by atoms with Crippen molar-refractivity contribution < 1.29 is 19.8 Å². The van der Waals surface area contributed by atoms with Crippen LogP contribution in [0.5, 0.6) is 0 Å². The largest absolute Gasteiger partial charge is 0.481 e. The van der Waals surface area contributed by atoms with Crippen molar-refractivity contribution in [3.63, 3.8) is 0 Å². The summed E-state index contributed by atoms with van der Waals surface area (Å²) in [5.41, 5.74) is 0.677. The molecular weight excluding hydrogens is 320 g/mol. The molecule has 4 N–H and O–H groups in total. The summed E-state index contributed by atoms with van der Waals surface area (Å²) >= 11 is 5.78. The van der Waals surface area contributed by atoms with Gasteiger partial charge in [-0.3, -0.25) is 4.79 Å². The Kier molecular flexibility index (Phi) is 6.24. The van der Waals surface area contributed by atoms with Crippen molar-refractivity contribution in [1.82, 2.24) is 10.6 Å². The lowest BCUT2D eigenvalue weighted by molar-refractivity contribution is -0.142. The van der Waals surface area contributed by atoms with E-state index in [1.165, 1.54) is 0 Å². The zero-order chi connectivity index (χ0) is 16.8. The number of carboxylic acid groups (broad SMARTS) is 1. The van der Waals surface area contributed by atoms with Crippen molar-refractivity contribution >= 4 is 23.6 Å². The molecule has 0 bridgehead atoms. The van der Waals surface area contributed by atoms with E-state index in [4.69, 9.17) is 16.7 Å². The van der Waals surface area contributed by atoms with Crippen LogP contribution in [-0.2, 0) is 4.79 Å². The number of rotatable bonds is 5. The summed E-state index contributed by atoms with van der Waals surface area (Å²) < 4.78 is 0. The molecule has 126 valence electrons. The Hall–Kier alpha value is -1.79. The number of hydrogen-bond donors (Lipinski definition) is 4. The minimum absolute atomic E-state index is 0.0155. The molecular formula is C16H21ClN2O4. The number of amides is 2. The highest BCUT2D eigenvalue weighted by Gasteiger charge is 2.26. The number of hydrogen-bond acceptors (Lipinski definition) is 3. The standard InChI is InChI=1S/C16H21ClN2O4/c17-12-5-1-10(2-6-12)14(20)9-18-16(23)19-13-7-3-11(4-8-13)15(21)22/h1-2,5-6,11,13-14,20H,3-4,7-9H2,(H,21,22)(H2,18,19,23)/t11?,13?,14-/m0/s1. The van der Waals surface area contributed by atoms with Gasteiger partial charge in [0.2, 0.25) is 0 Å². The first-order valence-electron chi connectivity index (χ1n) is 7.66. The van der Waals surface area contributed by atoms with Crippen LogP contribution in [0, 0.1) is 5.92 Å². The Morgan fingerprint density at radius 3 is 2.35 bits per heavy atom. The van der Waals surface area contributed by atoms with Gasteiger partial charge in [-0.25, -0.2) is 4.79 Å². The van der Waals surface area contributed by atoms with E-state index in [9.17, 15) is 14.7 Å². The molecule has 0 radical (unpaired) electrons. The summed E-state index contributed by atoms with van der Waals surface area (Å²) in [5.74, 6) is -1.07. The molecule has 6 nitrogen and oxygen atoms in total. The van der Waals surface area contributed by atoms with Gasteiger partial charge in [0, 0.05) is 17.6 Å². The minimum atomic E-state index is -0.805. The third kappa shape index (κ3) is 5.41. The second kappa shape index (κ2) is 8.17. The Morgan fingerprint density at radius 1 is 1.17 bits per heavy atom. The predicted octanol–water partition coefficient (Wildman–Crippen LogP) is 2.32. The lowest BCUT2D eigenvalue weighted by Crippen LogP contribution is -2.45. The smallest absolute Gasteiger partial charge is 0.315 e. The van der Waals surface area contributed by atoms with Crippen LogP contribution in [0.25, 0.3) is 0 Å². The summed E-state index contributed by atoms with van der Waals surface area (Å²) in [4.78, 5) is 22.7. The molecule has 7 heteroatoms. The van der Waals surface area contributed by atoms with E-state index in [-0.39, 0.29) is 24.5 Å². The van der Waals surface area contributed by atoms with Crippen LogP contribution in [0.2, 0.25) is 5.02 Å². The molecule has 1 aliphatic rings. The molecule has 1 aliphatic carbocycles. The first kappa shape index (κ1) is 17.6. The van der Waals surface area contributed by atoms with E-state index < -0.39 is 12.1 Å². The van der Waals surface area contributed by atoms with Gasteiger partial charge in [-0.05, 0) is 43.4 Å². The van der Waals surface area contributed by atoms with Crippen LogP contribution in [0.4, 0.5) is 4.79 Å². The molecule has 1 saturated carbocycles. The lowest BCUT2D eigenvalue weighted by atomic mass is 9.86. The maximum Gasteiger partial charge on any atom is 0.315 e. The van der Waals surface area contributed by atoms with Gasteiger partial charge in [0.15, 0.2) is 0 Å². The van der Waals surface area contributed by atoms with E-state index in [2.05, 4.69) is 10.6 Å². The monoisotopic (exact) mass is 340 g/mol. The maximum atomic E-state index is 11.8. The number of aliphatic carboxylic acids is 1. The summed E-state index contributed by atoms with van der Waals surface area (Å²) in [7, 11) is 0. The molecule has 1 aromatic rings. The molecule has 0 saturated heterocycles. The summed E-state index contributed by atoms with van der Waals surface area (Å²) in [5, 5.41) is 25.0. The zero-order valence-electron chi connectivity index (χ0n) is 12.7. The molecule has 0 unspecified atom stereocenters. The Bertz CT molecular complexity index is 542. The highest BCUT2D eigenvalue weighted by atomic mass is 35.5. The highest BCUT2D eigenvalue weighted by molar-refractivity contribution is 6.30. The fourth-order valence-corrected chi connectivity index (χ4v) is 2.84. The van der Waals surface area contributed by atoms with E-state index in [0.717, 1.165) is 0 Å². The van der Waals surface area contributed by atoms with Gasteiger partial charge in [-0.1, -0.05) is 23.7 Å². The van der Waals surface area contributed by atoms with E-state index in [0.29, 0.717) is 36.3 Å². The second-order valence-corrected chi connectivity index (χ2v) is 6.24. The third-order valence-electron chi connectivity index (χ3n) is 4.12. The molecule has 0 spiro atoms. The first-order valence-corrected chi connectivity index (χ1v) is 8.04. The van der Waals surface area contributed by atoms with Crippen molar-refractivity contribution in [2.45, 2.75) is 37.8 Å². The zero-order valence-corrected chi connectivity index (χ0v) is 13.4. The molecule has 23 heavy (non-hydrogen) atoms. The van der Waals surface area contributed by atoms with Crippen LogP contribution in [0.1, 0.15) is 37.4 Å². The van der Waals surface area contributed by atoms with E-state index in [1.54, 1.807) is 24.3 Å². The highest BCUT2D eigenvalue weighted by Crippen LogP contribution is 2.24. The van der Waals surface area contributed by atoms with Gasteiger partial charge in [-0.2, -0.15) is 0 Å². The number of carboxylic acids is 1. The van der Waals surface area contributed by atoms with Gasteiger partial charge in [0.1, 0.15) is 0 Å². The Balaban J connectivity index is 1.71. The van der Waals surface area contributed by atoms with Gasteiger partial charge >= 0.3 is 12.0 Å². The van der Waals surface area contributed by atoms with Gasteiger partial charge in [0.05, 0.1) is 12.0 Å². The van der Waals surface area contributed by atoms with Crippen molar-refractivity contribution in [2.24, 2.45) is 5.92 Å². The lowest BCUT2D eigenvalue weighted by Gasteiger charge is -2.27. The van der Waals surface area contributed by atoms with Gasteiger partial charge < -0.3 is 20.8 Å². The summed E-state index contributed by atoms with van der Waals surface area (Å²) in [6.07, 6.45) is 1.66. The Labute approximate surface area is 139 Å². The molecule has 1 aromatic carbocycles. The molecule has 2 rings (SSSR count). The third-order valence-corrected chi connectivity index (χ3v) is 4.37. The van der Waals surface area contributed by atoms with Crippen molar-refractivity contribution in [3.8, 4) is 0 Å². The first-order chi connectivity index (χ1) is 11.0. The van der Waals surface area contributed by atoms with E-state index >= 15 is 0 Å². The van der Waals surface area contributed by atoms with Crippen LogP contribution >= 0.6 is 11.6 Å². The molecule has 1 fully saturated rings. The topological polar surface area (TPSA) is 98.7 Å². The van der Waals surface area contributed by atoms with Crippen molar-refractivity contribution in [1.29, 1.82) is 0 Å². The number of nitrogens with one attached hydrogen (secondary N) is 2. The molecule has 2 amide bonds. The number of halogens is 1. The van der Waals surface area contributed by atoms with E-state index in [1.807, 2.05) is 0 Å². The number of carbonyl (C=O) groups is 2. The fourth-order valence-electron chi connectivity index (χ4n) is 2.71. The minimum Gasteiger partial charge on any atom is -0.481 e. The average Bonchev–Trinajstić information content (AvgIpc) is 2.54. The van der Waals surface area contributed by atoms with Crippen LogP contribution < -0.4 is 10.6 Å². The average molecular weight is 341 g/mol. The number of carbonyl (C=O) groups excluding carboxylic acids is 1. The molecule has 0 heterocycles. The van der Waals surface area contributed by atoms with Gasteiger partial charge in [-0.15, -0.1) is 0 Å². The fraction of sp³-hybridized carbons (Fsp3) is 0.500. The quantitative estimate of drug-likeness (QED) is 0.661. The summed E-state index contributed by atoms with van der Waals surface area (Å²) in [6, 6.07) is 6.41. The molecule has 0 aliphatic heterocycles. The van der Waals surface area contributed by atoms with Crippen molar-refractivity contribution in [3.05, 3.63) is 34.9 Å². The molecule has 1 atom stereocenters.